The van der Waals surface area contributed by atoms with Gasteiger partial charge < -0.3 is 4.55 Å². The zero-order valence-electron chi connectivity index (χ0n) is 12.8. The van der Waals surface area contributed by atoms with E-state index in [4.69, 9.17) is 11.6 Å². The van der Waals surface area contributed by atoms with Crippen LogP contribution in [0.4, 0.5) is 11.4 Å². The first-order valence-corrected chi connectivity index (χ1v) is 8.86. The molecule has 0 saturated carbocycles. The number of nitro benzene ring substituents is 1. The number of hydrazone groups is 1. The van der Waals surface area contributed by atoms with E-state index in [1.807, 2.05) is 0 Å². The summed E-state index contributed by atoms with van der Waals surface area (Å²) in [6.45, 7) is 0. The summed E-state index contributed by atoms with van der Waals surface area (Å²) in [4.78, 5) is 21.9. The molecule has 0 spiro atoms. The van der Waals surface area contributed by atoms with Gasteiger partial charge in [-0.05, 0) is 35.9 Å². The van der Waals surface area contributed by atoms with Gasteiger partial charge in [-0.25, -0.2) is 8.42 Å². The maximum Gasteiger partial charge on any atom is 0.269 e. The minimum Gasteiger partial charge on any atom is -0.744 e. The monoisotopic (exact) mass is 394 g/mol. The Balaban J connectivity index is 1.99. The maximum absolute atomic E-state index is 12.3. The number of halogens is 1. The number of nitro groups is 1. The van der Waals surface area contributed by atoms with Gasteiger partial charge >= 0.3 is 0 Å². The second-order valence-corrected chi connectivity index (χ2v) is 7.09. The van der Waals surface area contributed by atoms with Crippen LogP contribution in [-0.4, -0.2) is 29.5 Å². The number of hydrogen-bond acceptors (Lipinski definition) is 7. The van der Waals surface area contributed by atoms with Gasteiger partial charge in [0.25, 0.3) is 11.6 Å². The van der Waals surface area contributed by atoms with Gasteiger partial charge in [0, 0.05) is 12.1 Å². The fourth-order valence-electron chi connectivity index (χ4n) is 2.36. The first-order valence-electron chi connectivity index (χ1n) is 7.07. The smallest absolute Gasteiger partial charge is 0.269 e. The molecular formula is C15H9ClN3O6S-. The quantitative estimate of drug-likeness (QED) is 0.443. The Labute approximate surface area is 152 Å². The average molecular weight is 395 g/mol. The van der Waals surface area contributed by atoms with Crippen LogP contribution >= 0.6 is 11.6 Å². The van der Waals surface area contributed by atoms with Crippen LogP contribution in [0.15, 0.2) is 52.5 Å². The Morgan fingerprint density at radius 1 is 1.15 bits per heavy atom. The van der Waals surface area contributed by atoms with E-state index in [1.54, 1.807) is 0 Å². The summed E-state index contributed by atoms with van der Waals surface area (Å²) in [6, 6.07) is 8.67. The van der Waals surface area contributed by atoms with Crippen molar-refractivity contribution in [2.75, 3.05) is 5.01 Å². The van der Waals surface area contributed by atoms with Crippen LogP contribution in [0.25, 0.3) is 0 Å². The Morgan fingerprint density at radius 3 is 2.38 bits per heavy atom. The fourth-order valence-corrected chi connectivity index (χ4v) is 3.05. The van der Waals surface area contributed by atoms with E-state index in [0.29, 0.717) is 11.3 Å². The molecule has 1 heterocycles. The summed E-state index contributed by atoms with van der Waals surface area (Å²) in [5.74, 6) is -0.485. The minimum absolute atomic E-state index is 0.0366. The Kier molecular flexibility index (Phi) is 4.48. The lowest BCUT2D eigenvalue weighted by molar-refractivity contribution is -0.384. The normalized spacial score (nSPS) is 14.5. The van der Waals surface area contributed by atoms with Crippen LogP contribution in [0, 0.1) is 10.1 Å². The van der Waals surface area contributed by atoms with Crippen molar-refractivity contribution in [1.82, 2.24) is 0 Å². The number of nitrogens with zero attached hydrogens (tertiary/aromatic N) is 3. The zero-order valence-corrected chi connectivity index (χ0v) is 14.4. The summed E-state index contributed by atoms with van der Waals surface area (Å²) in [7, 11) is -4.73. The van der Waals surface area contributed by atoms with Crippen LogP contribution < -0.4 is 5.01 Å². The molecule has 3 rings (SSSR count). The van der Waals surface area contributed by atoms with Crippen LogP contribution in [0.5, 0.6) is 0 Å². The van der Waals surface area contributed by atoms with Crippen LogP contribution in [0.2, 0.25) is 5.02 Å². The van der Waals surface area contributed by atoms with Crippen LogP contribution in [0.3, 0.4) is 0 Å². The minimum atomic E-state index is -4.73. The highest BCUT2D eigenvalue weighted by molar-refractivity contribution is 7.85. The van der Waals surface area contributed by atoms with Gasteiger partial charge in [0.2, 0.25) is 0 Å². The van der Waals surface area contributed by atoms with Gasteiger partial charge in [-0.3, -0.25) is 14.9 Å². The number of benzene rings is 2. The van der Waals surface area contributed by atoms with Crippen molar-refractivity contribution in [2.45, 2.75) is 11.3 Å². The van der Waals surface area contributed by atoms with Gasteiger partial charge in [0.1, 0.15) is 10.1 Å². The molecule has 2 aromatic carbocycles. The van der Waals surface area contributed by atoms with Gasteiger partial charge in [-0.2, -0.15) is 10.1 Å². The number of carbonyl (C=O) groups is 1. The van der Waals surface area contributed by atoms with Crippen LogP contribution in [-0.2, 0) is 14.9 Å². The Morgan fingerprint density at radius 2 is 1.81 bits per heavy atom. The second kappa shape index (κ2) is 6.48. The molecule has 26 heavy (non-hydrogen) atoms. The molecule has 2 aromatic rings. The van der Waals surface area contributed by atoms with Crippen molar-refractivity contribution in [2.24, 2.45) is 5.10 Å². The molecule has 11 heteroatoms. The topological polar surface area (TPSA) is 133 Å². The molecule has 1 aliphatic heterocycles. The van der Waals surface area contributed by atoms with E-state index in [0.717, 1.165) is 17.1 Å². The van der Waals surface area contributed by atoms with Gasteiger partial charge in [-0.15, -0.1) is 0 Å². The summed E-state index contributed by atoms with van der Waals surface area (Å²) in [5.41, 5.74) is 0.684. The third-order valence-corrected chi connectivity index (χ3v) is 4.77. The fraction of sp³-hybridized carbons (Fsp3) is 0.0667. The third kappa shape index (κ3) is 3.43. The average Bonchev–Trinajstić information content (AvgIpc) is 2.96. The van der Waals surface area contributed by atoms with E-state index in [1.165, 1.54) is 30.3 Å². The Bertz CT molecular complexity index is 1050. The van der Waals surface area contributed by atoms with E-state index in [2.05, 4.69) is 5.10 Å². The molecule has 0 N–H and O–H groups in total. The van der Waals surface area contributed by atoms with Crippen molar-refractivity contribution in [3.05, 3.63) is 63.2 Å². The molecule has 0 atom stereocenters. The van der Waals surface area contributed by atoms with Crippen LogP contribution in [0.1, 0.15) is 12.0 Å². The molecule has 1 aliphatic rings. The van der Waals surface area contributed by atoms with E-state index in [9.17, 15) is 27.9 Å². The van der Waals surface area contributed by atoms with Crippen molar-refractivity contribution in [3.63, 3.8) is 0 Å². The van der Waals surface area contributed by atoms with Gasteiger partial charge in [0.15, 0.2) is 0 Å². The van der Waals surface area contributed by atoms with Gasteiger partial charge in [-0.1, -0.05) is 11.6 Å². The molecule has 1 amide bonds. The van der Waals surface area contributed by atoms with E-state index >= 15 is 0 Å². The number of amides is 1. The first-order chi connectivity index (χ1) is 12.2. The molecule has 0 saturated heterocycles. The molecule has 0 aromatic heterocycles. The largest absolute Gasteiger partial charge is 0.744 e. The molecule has 0 fully saturated rings. The second-order valence-electron chi connectivity index (χ2n) is 5.30. The van der Waals surface area contributed by atoms with Crippen molar-refractivity contribution >= 4 is 44.7 Å². The highest BCUT2D eigenvalue weighted by Crippen LogP contribution is 2.32. The molecule has 0 aliphatic carbocycles. The third-order valence-electron chi connectivity index (χ3n) is 3.62. The molecule has 0 radical (unpaired) electrons. The number of carbonyl (C=O) groups excluding carboxylic acids is 1. The number of rotatable bonds is 4. The summed E-state index contributed by atoms with van der Waals surface area (Å²) in [5, 5.41) is 15.8. The summed E-state index contributed by atoms with van der Waals surface area (Å²) in [6.07, 6.45) is -0.109. The standard InChI is InChI=1S/C15H10ClN3O6S/c16-12-6-5-11(26(23,24)25)7-14(12)18-15(20)8-13(17-18)9-1-3-10(4-2-9)19(21)22/h1-7H,8H2,(H,23,24,25)/p-1. The molecular weight excluding hydrogens is 386 g/mol. The van der Waals surface area contributed by atoms with Crippen molar-refractivity contribution in [1.29, 1.82) is 0 Å². The SMILES string of the molecule is O=C1CC(c2ccc([N+](=O)[O-])cc2)=NN1c1cc(S(=O)(=O)[O-])ccc1Cl. The lowest BCUT2D eigenvalue weighted by atomic mass is 10.1. The summed E-state index contributed by atoms with van der Waals surface area (Å²) < 4.78 is 33.5. The maximum atomic E-state index is 12.3. The predicted molar refractivity (Wildman–Crippen MR) is 91.2 cm³/mol. The van der Waals surface area contributed by atoms with E-state index in [-0.39, 0.29) is 22.8 Å². The van der Waals surface area contributed by atoms with Crippen molar-refractivity contribution in [3.8, 4) is 0 Å². The lowest BCUT2D eigenvalue weighted by Crippen LogP contribution is -2.20. The van der Waals surface area contributed by atoms with E-state index < -0.39 is 25.8 Å². The van der Waals surface area contributed by atoms with Gasteiger partial charge in [0.05, 0.1) is 32.7 Å². The molecule has 0 bridgehead atoms. The lowest BCUT2D eigenvalue weighted by Gasteiger charge is -2.16. The highest BCUT2D eigenvalue weighted by atomic mass is 35.5. The summed E-state index contributed by atoms with van der Waals surface area (Å²) >= 11 is 6.01. The van der Waals surface area contributed by atoms with Crippen molar-refractivity contribution < 1.29 is 22.7 Å². The molecule has 0 unspecified atom stereocenters. The number of hydrogen-bond donors (Lipinski definition) is 0. The molecule has 134 valence electrons. The Hall–Kier alpha value is -2.82. The first kappa shape index (κ1) is 18.0. The number of anilines is 1. The number of non-ortho nitro benzene ring substituents is 1. The molecule has 9 nitrogen and oxygen atoms in total. The highest BCUT2D eigenvalue weighted by Gasteiger charge is 2.28. The predicted octanol–water partition coefficient (Wildman–Crippen LogP) is 2.29. The zero-order chi connectivity index (χ0) is 19.1.